The minimum absolute atomic E-state index is 0.352. The smallest absolute Gasteiger partial charge is 0.331 e. The lowest BCUT2D eigenvalue weighted by Crippen LogP contribution is -2.57. The highest BCUT2D eigenvalue weighted by molar-refractivity contribution is 6.31. The molecule has 0 heterocycles. The number of methoxy groups -OCH3 is 1. The van der Waals surface area contributed by atoms with E-state index in [1.165, 1.54) is 7.11 Å². The molecule has 3 atom stereocenters. The summed E-state index contributed by atoms with van der Waals surface area (Å²) in [6.07, 6.45) is 3.11. The number of halogens is 1. The van der Waals surface area contributed by atoms with Gasteiger partial charge in [-0.15, -0.1) is 11.6 Å². The van der Waals surface area contributed by atoms with Crippen molar-refractivity contribution in [1.29, 1.82) is 0 Å². The molecule has 1 fully saturated rings. The first kappa shape index (κ1) is 17.8. The molecule has 126 valence electrons. The zero-order valence-corrected chi connectivity index (χ0v) is 14.7. The number of hydrogen-bond donors (Lipinski definition) is 1. The Labute approximate surface area is 142 Å². The molecular formula is C18H24ClNO3. The minimum atomic E-state index is -0.957. The molecule has 0 bridgehead atoms. The molecule has 1 aromatic carbocycles. The van der Waals surface area contributed by atoms with Crippen LogP contribution in [0.25, 0.3) is 0 Å². The summed E-state index contributed by atoms with van der Waals surface area (Å²) in [7, 11) is 1.35. The molecule has 1 aliphatic rings. The highest BCUT2D eigenvalue weighted by Crippen LogP contribution is 2.34. The van der Waals surface area contributed by atoms with Gasteiger partial charge in [-0.3, -0.25) is 4.79 Å². The largest absolute Gasteiger partial charge is 0.467 e. The predicted molar refractivity (Wildman–Crippen MR) is 90.3 cm³/mol. The zero-order valence-electron chi connectivity index (χ0n) is 13.9. The van der Waals surface area contributed by atoms with Crippen LogP contribution < -0.4 is 5.32 Å². The van der Waals surface area contributed by atoms with Gasteiger partial charge in [0.25, 0.3) is 0 Å². The summed E-state index contributed by atoms with van der Waals surface area (Å²) in [6, 6.07) is 7.50. The summed E-state index contributed by atoms with van der Waals surface area (Å²) in [5.74, 6) is -0.378. The van der Waals surface area contributed by atoms with E-state index in [9.17, 15) is 9.59 Å². The first-order chi connectivity index (χ1) is 10.9. The number of hydrogen-bond acceptors (Lipinski definition) is 3. The van der Waals surface area contributed by atoms with Crippen molar-refractivity contribution in [1.82, 2.24) is 5.32 Å². The summed E-state index contributed by atoms with van der Waals surface area (Å²) in [5, 5.41) is 2.06. The predicted octanol–water partition coefficient (Wildman–Crippen LogP) is 3.51. The van der Waals surface area contributed by atoms with Crippen molar-refractivity contribution in [3.63, 3.8) is 0 Å². The van der Waals surface area contributed by atoms with Gasteiger partial charge in [-0.05, 0) is 31.2 Å². The maximum Gasteiger partial charge on any atom is 0.331 e. The van der Waals surface area contributed by atoms with Gasteiger partial charge in [-0.1, -0.05) is 49.6 Å². The molecule has 5 heteroatoms. The number of aryl methyl sites for hydroxylation is 1. The van der Waals surface area contributed by atoms with Crippen LogP contribution in [0.4, 0.5) is 0 Å². The lowest BCUT2D eigenvalue weighted by molar-refractivity contribution is -0.153. The van der Waals surface area contributed by atoms with Gasteiger partial charge in [-0.2, -0.15) is 0 Å². The van der Waals surface area contributed by atoms with Crippen molar-refractivity contribution in [3.05, 3.63) is 35.4 Å². The first-order valence-electron chi connectivity index (χ1n) is 7.99. The monoisotopic (exact) mass is 337 g/mol. The van der Waals surface area contributed by atoms with Gasteiger partial charge in [0.05, 0.1) is 7.11 Å². The first-order valence-corrected chi connectivity index (χ1v) is 8.42. The molecule has 1 saturated carbocycles. The van der Waals surface area contributed by atoms with Crippen LogP contribution >= 0.6 is 11.6 Å². The number of carbonyl (C=O) groups excluding carboxylic acids is 2. The topological polar surface area (TPSA) is 55.4 Å². The highest BCUT2D eigenvalue weighted by Gasteiger charge is 2.44. The van der Waals surface area contributed by atoms with E-state index < -0.39 is 10.9 Å². The molecule has 0 radical (unpaired) electrons. The standard InChI is InChI=1S/C18H24ClNO3/c1-12-6-8-14(9-7-12)15(19)16(21)20-18(17(22)23-3)10-4-5-13(2)11-18/h6-9,13,15H,4-5,10-11H2,1-3H3,(H,20,21). The number of esters is 1. The number of benzene rings is 1. The third kappa shape index (κ3) is 4.05. The average molecular weight is 338 g/mol. The summed E-state index contributed by atoms with van der Waals surface area (Å²) in [6.45, 7) is 4.06. The second kappa shape index (κ2) is 7.35. The van der Waals surface area contributed by atoms with Gasteiger partial charge in [-0.25, -0.2) is 4.79 Å². The van der Waals surface area contributed by atoms with E-state index in [4.69, 9.17) is 16.3 Å². The fourth-order valence-corrected chi connectivity index (χ4v) is 3.48. The molecule has 23 heavy (non-hydrogen) atoms. The van der Waals surface area contributed by atoms with E-state index in [2.05, 4.69) is 12.2 Å². The van der Waals surface area contributed by atoms with Gasteiger partial charge < -0.3 is 10.1 Å². The Bertz CT molecular complexity index is 572. The molecule has 1 aliphatic carbocycles. The fourth-order valence-electron chi connectivity index (χ4n) is 3.28. The Morgan fingerprint density at radius 1 is 1.35 bits per heavy atom. The molecule has 0 saturated heterocycles. The van der Waals surface area contributed by atoms with Crippen LogP contribution in [0.3, 0.4) is 0 Å². The maximum atomic E-state index is 12.6. The molecule has 0 spiro atoms. The molecule has 1 aromatic rings. The summed E-state index contributed by atoms with van der Waals surface area (Å²) >= 11 is 6.31. The van der Waals surface area contributed by atoms with Crippen molar-refractivity contribution < 1.29 is 14.3 Å². The van der Waals surface area contributed by atoms with Gasteiger partial charge in [0, 0.05) is 0 Å². The molecule has 1 N–H and O–H groups in total. The number of amides is 1. The normalized spacial score (nSPS) is 25.5. The molecular weight excluding hydrogens is 314 g/mol. The average Bonchev–Trinajstić information content (AvgIpc) is 2.54. The van der Waals surface area contributed by atoms with Crippen molar-refractivity contribution in [2.75, 3.05) is 7.11 Å². The Morgan fingerprint density at radius 2 is 2.00 bits per heavy atom. The number of alkyl halides is 1. The molecule has 2 rings (SSSR count). The van der Waals surface area contributed by atoms with Gasteiger partial charge in [0.1, 0.15) is 10.9 Å². The summed E-state index contributed by atoms with van der Waals surface area (Å²) in [5.41, 5.74) is 0.866. The number of ether oxygens (including phenoxy) is 1. The Balaban J connectivity index is 2.17. The molecule has 0 aliphatic heterocycles. The Morgan fingerprint density at radius 3 is 2.57 bits per heavy atom. The summed E-state index contributed by atoms with van der Waals surface area (Å²) in [4.78, 5) is 24.9. The zero-order chi connectivity index (χ0) is 17.0. The van der Waals surface area contributed by atoms with Crippen LogP contribution in [0, 0.1) is 12.8 Å². The molecule has 3 unspecified atom stereocenters. The van der Waals surface area contributed by atoms with Crippen LogP contribution in [-0.2, 0) is 14.3 Å². The van der Waals surface area contributed by atoms with Crippen LogP contribution in [0.5, 0.6) is 0 Å². The van der Waals surface area contributed by atoms with Gasteiger partial charge in [0.15, 0.2) is 0 Å². The second-order valence-corrected chi connectivity index (χ2v) is 6.97. The minimum Gasteiger partial charge on any atom is -0.467 e. The lowest BCUT2D eigenvalue weighted by atomic mass is 9.76. The van der Waals surface area contributed by atoms with E-state index in [-0.39, 0.29) is 11.9 Å². The van der Waals surface area contributed by atoms with Crippen LogP contribution in [0.2, 0.25) is 0 Å². The second-order valence-electron chi connectivity index (χ2n) is 6.54. The van der Waals surface area contributed by atoms with Crippen molar-refractivity contribution in [2.45, 2.75) is 50.4 Å². The Kier molecular flexibility index (Phi) is 5.69. The van der Waals surface area contributed by atoms with Crippen LogP contribution in [0.15, 0.2) is 24.3 Å². The van der Waals surface area contributed by atoms with Crippen LogP contribution in [0.1, 0.15) is 49.1 Å². The van der Waals surface area contributed by atoms with E-state index >= 15 is 0 Å². The highest BCUT2D eigenvalue weighted by atomic mass is 35.5. The van der Waals surface area contributed by atoms with E-state index in [0.29, 0.717) is 18.8 Å². The third-order valence-electron chi connectivity index (χ3n) is 4.54. The molecule has 0 aromatic heterocycles. The van der Waals surface area contributed by atoms with Crippen LogP contribution in [-0.4, -0.2) is 24.5 Å². The number of nitrogens with one attached hydrogen (secondary N) is 1. The maximum absolute atomic E-state index is 12.6. The molecule has 4 nitrogen and oxygen atoms in total. The van der Waals surface area contributed by atoms with Gasteiger partial charge in [0.2, 0.25) is 5.91 Å². The third-order valence-corrected chi connectivity index (χ3v) is 4.99. The van der Waals surface area contributed by atoms with Crippen molar-refractivity contribution in [2.24, 2.45) is 5.92 Å². The van der Waals surface area contributed by atoms with Crippen molar-refractivity contribution >= 4 is 23.5 Å². The summed E-state index contributed by atoms with van der Waals surface area (Å²) < 4.78 is 4.95. The number of rotatable bonds is 4. The SMILES string of the molecule is COC(=O)C1(NC(=O)C(Cl)c2ccc(C)cc2)CCCC(C)C1. The van der Waals surface area contributed by atoms with Crippen molar-refractivity contribution in [3.8, 4) is 0 Å². The van der Waals surface area contributed by atoms with E-state index in [1.54, 1.807) is 0 Å². The fraction of sp³-hybridized carbons (Fsp3) is 0.556. The quantitative estimate of drug-likeness (QED) is 0.675. The lowest BCUT2D eigenvalue weighted by Gasteiger charge is -2.38. The van der Waals surface area contributed by atoms with E-state index in [1.807, 2.05) is 31.2 Å². The van der Waals surface area contributed by atoms with E-state index in [0.717, 1.165) is 24.0 Å². The van der Waals surface area contributed by atoms with Gasteiger partial charge >= 0.3 is 5.97 Å². The number of carbonyl (C=O) groups is 2. The Hall–Kier alpha value is -1.55. The molecule has 1 amide bonds.